The Bertz CT molecular complexity index is 3310. The lowest BCUT2D eigenvalue weighted by atomic mass is 9.85. The van der Waals surface area contributed by atoms with E-state index in [4.69, 9.17) is 19.2 Å². The summed E-state index contributed by atoms with van der Waals surface area (Å²) in [5, 5.41) is 29.2. The largest absolute Gasteiger partial charge is 0.508 e. The summed E-state index contributed by atoms with van der Waals surface area (Å²) >= 11 is 1.57. The molecule has 0 spiro atoms. The molecule has 0 radical (unpaired) electrons. The van der Waals surface area contributed by atoms with E-state index < -0.39 is 46.8 Å². The maximum Gasteiger partial charge on any atom is 0.410 e. The average molecular weight is 1140 g/mol. The first kappa shape index (κ1) is 58.1. The first-order valence-corrected chi connectivity index (χ1v) is 29.3. The van der Waals surface area contributed by atoms with Gasteiger partial charge in [0.2, 0.25) is 17.7 Å². The second-order valence-corrected chi connectivity index (χ2v) is 25.3. The topological polar surface area (TPSA) is 225 Å². The van der Waals surface area contributed by atoms with E-state index in [0.29, 0.717) is 43.0 Å². The highest BCUT2D eigenvalue weighted by molar-refractivity contribution is 7.13. The van der Waals surface area contributed by atoms with Crippen molar-refractivity contribution < 1.29 is 48.0 Å². The number of aliphatic hydroxyl groups excluding tert-OH is 1. The van der Waals surface area contributed by atoms with E-state index >= 15 is 4.39 Å². The molecule has 4 N–H and O–H groups in total. The van der Waals surface area contributed by atoms with E-state index in [1.807, 2.05) is 114 Å². The number of piperazine rings is 1. The number of aromatic nitrogens is 4. The summed E-state index contributed by atoms with van der Waals surface area (Å²) in [5.74, 6) is -1.33. The van der Waals surface area contributed by atoms with Gasteiger partial charge in [-0.1, -0.05) is 69.3 Å². The van der Waals surface area contributed by atoms with Crippen molar-refractivity contribution >= 4 is 62.6 Å². The molecule has 0 aliphatic carbocycles. The quantitative estimate of drug-likeness (QED) is 0.0717. The molecule has 4 aliphatic rings. The number of rotatable bonds is 16. The van der Waals surface area contributed by atoms with Crippen LogP contribution >= 0.6 is 11.3 Å². The van der Waals surface area contributed by atoms with Gasteiger partial charge in [0.1, 0.15) is 53.7 Å². The number of benzene rings is 3. The fourth-order valence-electron chi connectivity index (χ4n) is 11.9. The lowest BCUT2D eigenvalue weighted by molar-refractivity contribution is -0.144. The van der Waals surface area contributed by atoms with E-state index in [1.54, 1.807) is 23.6 Å². The number of nitrogens with zero attached hydrogens (tertiary/aromatic N) is 8. The molecule has 7 heterocycles. The zero-order chi connectivity index (χ0) is 58.2. The van der Waals surface area contributed by atoms with Crippen molar-refractivity contribution in [2.45, 2.75) is 129 Å². The van der Waals surface area contributed by atoms with Crippen LogP contribution in [-0.2, 0) is 23.9 Å². The van der Waals surface area contributed by atoms with Gasteiger partial charge in [-0.15, -0.1) is 11.3 Å². The number of aromatic hydroxyl groups is 1. The van der Waals surface area contributed by atoms with Crippen molar-refractivity contribution in [3.8, 4) is 33.5 Å². The molecule has 19 nitrogen and oxygen atoms in total. The predicted molar refractivity (Wildman–Crippen MR) is 311 cm³/mol. The average Bonchev–Trinajstić information content (AvgIpc) is 3.12. The number of phenolic OH excluding ortho intramolecular Hbond substituents is 1. The molecular weight excluding hydrogens is 1070 g/mol. The number of phenols is 1. The molecule has 6 aromatic rings. The van der Waals surface area contributed by atoms with Crippen LogP contribution in [0.5, 0.6) is 11.8 Å². The summed E-state index contributed by atoms with van der Waals surface area (Å²) in [4.78, 5) is 82.1. The Morgan fingerprint density at radius 2 is 1.61 bits per heavy atom. The first-order chi connectivity index (χ1) is 39.1. The molecule has 6 atom stereocenters. The number of carbonyl (C=O) groups excluding carboxylic acids is 4. The molecule has 21 heteroatoms. The molecule has 4 fully saturated rings. The lowest BCUT2D eigenvalue weighted by Gasteiger charge is -2.42. The lowest BCUT2D eigenvalue weighted by Crippen LogP contribution is -2.58. The SMILES string of the molecule is Cc1ncsc1-c1ccc([C@H](C)NC(=O)[C@@H]2C[C@@H](O)CN2C(=O)[C@@H](NC(=O)COCC2CCN(CCOc3nc(N4CC5CCC(C4)N5C(=O)OC(C)(C)C)c4cnc(-c5cc(O)cc6ccccc56)c(F)c4n3)CC2)C(C)(C)C)cc1. The van der Waals surface area contributed by atoms with Crippen LogP contribution < -0.4 is 20.3 Å². The summed E-state index contributed by atoms with van der Waals surface area (Å²) in [5.41, 5.74) is 3.80. The molecule has 2 unspecified atom stereocenters. The smallest absolute Gasteiger partial charge is 0.410 e. The Morgan fingerprint density at radius 3 is 2.29 bits per heavy atom. The summed E-state index contributed by atoms with van der Waals surface area (Å²) in [6, 6.07) is 15.9. The van der Waals surface area contributed by atoms with Gasteiger partial charge in [0.05, 0.1) is 52.3 Å². The van der Waals surface area contributed by atoms with Gasteiger partial charge in [-0.25, -0.2) is 14.2 Å². The maximum absolute atomic E-state index is 17.1. The molecule has 82 heavy (non-hydrogen) atoms. The number of aryl methyl sites for hydroxylation is 1. The Labute approximate surface area is 481 Å². The van der Waals surface area contributed by atoms with Gasteiger partial charge >= 0.3 is 12.1 Å². The van der Waals surface area contributed by atoms with Crippen molar-refractivity contribution in [3.05, 3.63) is 89.4 Å². The van der Waals surface area contributed by atoms with Crippen LogP contribution in [0.2, 0.25) is 0 Å². The zero-order valence-electron chi connectivity index (χ0n) is 48.0. The number of aliphatic hydroxyl groups is 1. The number of halogens is 1. The normalized spacial score (nSPS) is 20.5. The van der Waals surface area contributed by atoms with Crippen LogP contribution in [0.3, 0.4) is 0 Å². The van der Waals surface area contributed by atoms with Gasteiger partial charge in [-0.05, 0) is 119 Å². The van der Waals surface area contributed by atoms with Crippen molar-refractivity contribution in [2.75, 3.05) is 64.0 Å². The standard InChI is InChI=1S/C61H75FN10O9S/c1-35(38-13-15-39(16-14-38)53-36(2)64-34-82-53)65-56(76)48-27-44(74)31-71(48)57(77)54(60(3,4)5)66-49(75)33-79-32-37-19-21-69(22-20-37)23-24-80-58-67-52-47(28-63-51(50(52)62)46-26-43(73)25-40-11-9-10-12-45(40)46)55(68-58)70-29-41-17-18-42(30-70)72(41)59(78)81-61(6,7)8/h9-16,25-26,28,34-35,37,41-42,44,48,54,73-74H,17-24,27,29-33H2,1-8H3,(H,65,76)(H,66,75)/t35-,41?,42?,44+,48-,54+/m0/s1. The Kier molecular flexibility index (Phi) is 17.0. The van der Waals surface area contributed by atoms with Crippen LogP contribution in [0, 0.1) is 24.1 Å². The number of fused-ring (bicyclic) bond motifs is 4. The van der Waals surface area contributed by atoms with Crippen LogP contribution in [0.25, 0.3) is 43.4 Å². The fourth-order valence-corrected chi connectivity index (χ4v) is 12.7. The first-order valence-electron chi connectivity index (χ1n) is 28.4. The van der Waals surface area contributed by atoms with Gasteiger partial charge in [-0.3, -0.25) is 29.2 Å². The maximum atomic E-state index is 17.1. The Hall–Kier alpha value is -7.07. The molecule has 10 rings (SSSR count). The second-order valence-electron chi connectivity index (χ2n) is 24.4. The van der Waals surface area contributed by atoms with Gasteiger partial charge in [-0.2, -0.15) is 9.97 Å². The number of piperidine rings is 1. The summed E-state index contributed by atoms with van der Waals surface area (Å²) in [7, 11) is 0. The molecule has 3 aromatic carbocycles. The second kappa shape index (κ2) is 24.0. The van der Waals surface area contributed by atoms with E-state index in [0.717, 1.165) is 71.2 Å². The number of amides is 4. The van der Waals surface area contributed by atoms with Crippen LogP contribution in [-0.4, -0.2) is 164 Å². The Balaban J connectivity index is 0.733. The molecule has 3 aromatic heterocycles. The van der Waals surface area contributed by atoms with Crippen molar-refractivity contribution in [3.63, 3.8) is 0 Å². The van der Waals surface area contributed by atoms with Crippen LogP contribution in [0.4, 0.5) is 15.0 Å². The number of anilines is 1. The highest BCUT2D eigenvalue weighted by Gasteiger charge is 2.47. The summed E-state index contributed by atoms with van der Waals surface area (Å²) in [6.45, 7) is 18.1. The van der Waals surface area contributed by atoms with Crippen molar-refractivity contribution in [1.29, 1.82) is 0 Å². The van der Waals surface area contributed by atoms with Crippen molar-refractivity contribution in [1.82, 2.24) is 45.3 Å². The highest BCUT2D eigenvalue weighted by atomic mass is 32.1. The van der Waals surface area contributed by atoms with E-state index in [1.165, 1.54) is 11.0 Å². The van der Waals surface area contributed by atoms with Crippen LogP contribution in [0.15, 0.2) is 72.4 Å². The minimum absolute atomic E-state index is 0.00685. The van der Waals surface area contributed by atoms with Gasteiger partial charge in [0.25, 0.3) is 0 Å². The fraction of sp³-hybridized carbons (Fsp3) is 0.508. The number of hydrogen-bond acceptors (Lipinski definition) is 16. The van der Waals surface area contributed by atoms with E-state index in [9.17, 15) is 29.4 Å². The minimum atomic E-state index is -0.989. The molecule has 4 saturated heterocycles. The zero-order valence-corrected chi connectivity index (χ0v) is 48.8. The molecular formula is C61H75FN10O9S. The molecule has 436 valence electrons. The number of carbonyl (C=O) groups is 4. The summed E-state index contributed by atoms with van der Waals surface area (Å²) < 4.78 is 35.2. The van der Waals surface area contributed by atoms with Gasteiger partial charge in [0.15, 0.2) is 5.82 Å². The summed E-state index contributed by atoms with van der Waals surface area (Å²) in [6.07, 6.45) is 3.59. The third-order valence-electron chi connectivity index (χ3n) is 16.1. The van der Waals surface area contributed by atoms with Gasteiger partial charge < -0.3 is 44.9 Å². The number of thiazole rings is 1. The molecule has 4 aliphatic heterocycles. The van der Waals surface area contributed by atoms with E-state index in [-0.39, 0.29) is 85.2 Å². The number of hydrogen-bond donors (Lipinski definition) is 4. The molecule has 4 amide bonds. The number of nitrogens with one attached hydrogen (secondary N) is 2. The highest BCUT2D eigenvalue weighted by Crippen LogP contribution is 2.40. The van der Waals surface area contributed by atoms with E-state index in [2.05, 4.69) is 35.4 Å². The molecule has 0 saturated carbocycles. The molecule has 2 bridgehead atoms. The third-order valence-corrected chi connectivity index (χ3v) is 17.1. The predicted octanol–water partition coefficient (Wildman–Crippen LogP) is 8.19. The van der Waals surface area contributed by atoms with Crippen molar-refractivity contribution in [2.24, 2.45) is 11.3 Å². The third kappa shape index (κ3) is 12.9. The van der Waals surface area contributed by atoms with Crippen LogP contribution in [0.1, 0.15) is 97.9 Å². The Morgan fingerprint density at radius 1 is 0.890 bits per heavy atom. The number of likely N-dealkylation sites (tertiary alicyclic amines) is 2. The number of β-amino-alcohol motifs (C(OH)–C–C–N with tert-alkyl or cyclic N) is 1. The number of ether oxygens (including phenoxy) is 3. The minimum Gasteiger partial charge on any atom is -0.508 e. The number of pyridine rings is 1. The van der Waals surface area contributed by atoms with Gasteiger partial charge in [0, 0.05) is 44.4 Å². The monoisotopic (exact) mass is 1140 g/mol.